The van der Waals surface area contributed by atoms with Gasteiger partial charge in [-0.3, -0.25) is 9.59 Å². The van der Waals surface area contributed by atoms with Crippen molar-refractivity contribution in [2.45, 2.75) is 32.1 Å². The molecule has 0 heterocycles. The minimum Gasteiger partial charge on any atom is -0.469 e. The van der Waals surface area contributed by atoms with E-state index in [4.69, 9.17) is 5.11 Å². The van der Waals surface area contributed by atoms with Gasteiger partial charge in [0.15, 0.2) is 0 Å². The van der Waals surface area contributed by atoms with E-state index in [2.05, 4.69) is 4.74 Å². The van der Waals surface area contributed by atoms with Crippen molar-refractivity contribution in [3.05, 3.63) is 12.2 Å². The zero-order valence-electron chi connectivity index (χ0n) is 10.2. The van der Waals surface area contributed by atoms with E-state index in [1.165, 1.54) is 7.11 Å². The van der Waals surface area contributed by atoms with E-state index in [-0.39, 0.29) is 30.2 Å². The van der Waals surface area contributed by atoms with Gasteiger partial charge in [0.1, 0.15) is 5.78 Å². The van der Waals surface area contributed by atoms with Gasteiger partial charge in [-0.15, -0.1) is 0 Å². The number of ketones is 1. The Bertz CT molecular complexity index is 296. The number of ether oxygens (including phenoxy) is 1. The summed E-state index contributed by atoms with van der Waals surface area (Å²) in [6.07, 6.45) is 6.77. The van der Waals surface area contributed by atoms with Gasteiger partial charge in [-0.05, 0) is 25.2 Å². The maximum atomic E-state index is 11.7. The molecule has 1 fully saturated rings. The average Bonchev–Trinajstić information content (AvgIpc) is 2.66. The smallest absolute Gasteiger partial charge is 0.305 e. The Morgan fingerprint density at radius 1 is 1.53 bits per heavy atom. The maximum absolute atomic E-state index is 11.7. The van der Waals surface area contributed by atoms with Crippen molar-refractivity contribution in [1.82, 2.24) is 0 Å². The zero-order valence-corrected chi connectivity index (χ0v) is 10.2. The van der Waals surface area contributed by atoms with Crippen molar-refractivity contribution in [2.24, 2.45) is 11.8 Å². The van der Waals surface area contributed by atoms with Gasteiger partial charge in [-0.2, -0.15) is 0 Å². The zero-order chi connectivity index (χ0) is 12.7. The lowest BCUT2D eigenvalue weighted by molar-refractivity contribution is -0.142. The highest BCUT2D eigenvalue weighted by molar-refractivity contribution is 5.84. The van der Waals surface area contributed by atoms with Crippen LogP contribution < -0.4 is 0 Å². The van der Waals surface area contributed by atoms with Crippen LogP contribution in [0.25, 0.3) is 0 Å². The predicted octanol–water partition coefficient (Wildman–Crippen LogP) is 1.47. The molecule has 0 aliphatic heterocycles. The molecule has 2 atom stereocenters. The summed E-state index contributed by atoms with van der Waals surface area (Å²) in [5.41, 5.74) is 0. The molecule has 1 saturated carbocycles. The number of carbonyl (C=O) groups is 2. The summed E-state index contributed by atoms with van der Waals surface area (Å²) >= 11 is 0. The van der Waals surface area contributed by atoms with E-state index in [9.17, 15) is 9.59 Å². The molecule has 0 aromatic carbocycles. The standard InChI is InChI=1S/C13H20O4/c1-17-13(16)9-10-6-7-12(15)11(10)5-3-2-4-8-14/h2-3,10-11,14H,4-9H2,1H3. The quantitative estimate of drug-likeness (QED) is 0.564. The van der Waals surface area contributed by atoms with Crippen LogP contribution in [0.4, 0.5) is 0 Å². The summed E-state index contributed by atoms with van der Waals surface area (Å²) in [4.78, 5) is 22.9. The number of esters is 1. The first-order valence-corrected chi connectivity index (χ1v) is 6.04. The van der Waals surface area contributed by atoms with Crippen molar-refractivity contribution < 1.29 is 19.4 Å². The van der Waals surface area contributed by atoms with Crippen LogP contribution in [0.1, 0.15) is 32.1 Å². The number of hydrogen-bond donors (Lipinski definition) is 1. The first-order valence-electron chi connectivity index (χ1n) is 6.04. The highest BCUT2D eigenvalue weighted by Gasteiger charge is 2.34. The molecular formula is C13H20O4. The number of rotatable bonds is 6. The van der Waals surface area contributed by atoms with Crippen LogP contribution in [-0.4, -0.2) is 30.6 Å². The normalized spacial score (nSPS) is 24.5. The lowest BCUT2D eigenvalue weighted by Crippen LogP contribution is -2.18. The highest BCUT2D eigenvalue weighted by atomic mass is 16.5. The lowest BCUT2D eigenvalue weighted by Gasteiger charge is -2.15. The monoisotopic (exact) mass is 240 g/mol. The van der Waals surface area contributed by atoms with E-state index in [1.807, 2.05) is 12.2 Å². The van der Waals surface area contributed by atoms with E-state index >= 15 is 0 Å². The number of hydrogen-bond acceptors (Lipinski definition) is 4. The maximum Gasteiger partial charge on any atom is 0.305 e. The molecule has 0 aromatic heterocycles. The molecule has 0 bridgehead atoms. The molecule has 1 N–H and O–H groups in total. The van der Waals surface area contributed by atoms with Gasteiger partial charge in [0.25, 0.3) is 0 Å². The van der Waals surface area contributed by atoms with Gasteiger partial charge in [0, 0.05) is 25.4 Å². The summed E-state index contributed by atoms with van der Waals surface area (Å²) in [6, 6.07) is 0. The topological polar surface area (TPSA) is 63.6 Å². The Hall–Kier alpha value is -1.16. The first kappa shape index (κ1) is 13.9. The molecular weight excluding hydrogens is 220 g/mol. The summed E-state index contributed by atoms with van der Waals surface area (Å²) in [5.74, 6) is 0.0689. The van der Waals surface area contributed by atoms with Gasteiger partial charge in [0.05, 0.1) is 7.11 Å². The molecule has 0 spiro atoms. The molecule has 0 saturated heterocycles. The fraction of sp³-hybridized carbons (Fsp3) is 0.692. The second kappa shape index (κ2) is 7.22. The fourth-order valence-electron chi connectivity index (χ4n) is 2.28. The Labute approximate surface area is 102 Å². The van der Waals surface area contributed by atoms with E-state index in [0.29, 0.717) is 25.7 Å². The van der Waals surface area contributed by atoms with Crippen LogP contribution >= 0.6 is 0 Å². The summed E-state index contributed by atoms with van der Waals surface area (Å²) in [6.45, 7) is 0.126. The number of aliphatic hydroxyl groups excluding tert-OH is 1. The largest absolute Gasteiger partial charge is 0.469 e. The van der Waals surface area contributed by atoms with Crippen molar-refractivity contribution in [3.8, 4) is 0 Å². The minimum atomic E-state index is -0.242. The molecule has 1 aliphatic carbocycles. The van der Waals surface area contributed by atoms with Crippen LogP contribution in [0.5, 0.6) is 0 Å². The second-order valence-electron chi connectivity index (χ2n) is 4.37. The molecule has 0 radical (unpaired) electrons. The summed E-state index contributed by atoms with van der Waals surface area (Å²) in [5, 5.41) is 8.63. The Balaban J connectivity index is 2.47. The number of Topliss-reactive ketones (excluding diaryl/α,β-unsaturated/α-hetero) is 1. The predicted molar refractivity (Wildman–Crippen MR) is 63.3 cm³/mol. The Morgan fingerprint density at radius 2 is 2.29 bits per heavy atom. The first-order chi connectivity index (χ1) is 8.19. The van der Waals surface area contributed by atoms with Gasteiger partial charge < -0.3 is 9.84 Å². The second-order valence-corrected chi connectivity index (χ2v) is 4.37. The van der Waals surface area contributed by atoms with Gasteiger partial charge in [-0.25, -0.2) is 0 Å². The lowest BCUT2D eigenvalue weighted by atomic mass is 9.89. The molecule has 4 heteroatoms. The van der Waals surface area contributed by atoms with E-state index in [0.717, 1.165) is 6.42 Å². The van der Waals surface area contributed by atoms with Crippen molar-refractivity contribution in [2.75, 3.05) is 13.7 Å². The Kier molecular flexibility index (Phi) is 5.91. The molecule has 1 rings (SSSR count). The summed E-state index contributed by atoms with van der Waals surface area (Å²) in [7, 11) is 1.37. The highest BCUT2D eigenvalue weighted by Crippen LogP contribution is 2.34. The Morgan fingerprint density at radius 3 is 2.94 bits per heavy atom. The summed E-state index contributed by atoms with van der Waals surface area (Å²) < 4.78 is 4.64. The third kappa shape index (κ3) is 4.30. The van der Waals surface area contributed by atoms with Crippen molar-refractivity contribution in [3.63, 3.8) is 0 Å². The van der Waals surface area contributed by atoms with Gasteiger partial charge in [-0.1, -0.05) is 12.2 Å². The van der Waals surface area contributed by atoms with E-state index in [1.54, 1.807) is 0 Å². The van der Waals surface area contributed by atoms with Crippen molar-refractivity contribution >= 4 is 11.8 Å². The van der Waals surface area contributed by atoms with Crippen LogP contribution in [0.3, 0.4) is 0 Å². The molecule has 0 amide bonds. The van der Waals surface area contributed by atoms with Crippen LogP contribution in [0.15, 0.2) is 12.2 Å². The van der Waals surface area contributed by atoms with Crippen molar-refractivity contribution in [1.29, 1.82) is 0 Å². The molecule has 2 unspecified atom stereocenters. The molecule has 1 aliphatic rings. The van der Waals surface area contributed by atoms with Gasteiger partial charge >= 0.3 is 5.97 Å². The molecule has 96 valence electrons. The molecule has 4 nitrogen and oxygen atoms in total. The SMILES string of the molecule is COC(=O)CC1CCC(=O)C1CC=CCCO. The third-order valence-corrected chi connectivity index (χ3v) is 3.25. The minimum absolute atomic E-state index is 0.0518. The van der Waals surface area contributed by atoms with Gasteiger partial charge in [0.2, 0.25) is 0 Å². The van der Waals surface area contributed by atoms with Crippen LogP contribution in [0.2, 0.25) is 0 Å². The number of carbonyl (C=O) groups excluding carboxylic acids is 2. The van der Waals surface area contributed by atoms with Crippen LogP contribution in [-0.2, 0) is 14.3 Å². The molecule has 17 heavy (non-hydrogen) atoms. The third-order valence-electron chi connectivity index (χ3n) is 3.25. The number of allylic oxidation sites excluding steroid dienone is 1. The average molecular weight is 240 g/mol. The van der Waals surface area contributed by atoms with E-state index < -0.39 is 0 Å². The van der Waals surface area contributed by atoms with Crippen LogP contribution in [0, 0.1) is 11.8 Å². The number of methoxy groups -OCH3 is 1. The number of aliphatic hydroxyl groups is 1. The fourth-order valence-corrected chi connectivity index (χ4v) is 2.28. The molecule has 0 aromatic rings.